The van der Waals surface area contributed by atoms with Gasteiger partial charge in [0.1, 0.15) is 0 Å². The second-order valence-electron chi connectivity index (χ2n) is 4.64. The Morgan fingerprint density at radius 2 is 1.87 bits per heavy atom. The lowest BCUT2D eigenvalue weighted by Crippen LogP contribution is -2.34. The lowest BCUT2D eigenvalue weighted by Gasteiger charge is -2.38. The van der Waals surface area contributed by atoms with Crippen LogP contribution < -0.4 is 0 Å². The summed E-state index contributed by atoms with van der Waals surface area (Å²) in [5.41, 5.74) is -0.0620. The van der Waals surface area contributed by atoms with Crippen molar-refractivity contribution in [2.45, 2.75) is 33.7 Å². The monoisotopic (exact) mass is 317 g/mol. The van der Waals surface area contributed by atoms with Gasteiger partial charge in [0.2, 0.25) is 0 Å². The number of rotatable bonds is 3. The molecule has 1 rings (SSSR count). The summed E-state index contributed by atoms with van der Waals surface area (Å²) in [6.45, 7) is 8.86. The van der Waals surface area contributed by atoms with Crippen LogP contribution in [0.4, 0.5) is 0 Å². The molecule has 0 N–H and O–H groups in total. The van der Waals surface area contributed by atoms with E-state index >= 15 is 0 Å². The summed E-state index contributed by atoms with van der Waals surface area (Å²) < 4.78 is 24.8. The highest BCUT2D eigenvalue weighted by atomic mass is 79.9. The summed E-state index contributed by atoms with van der Waals surface area (Å²) in [5.74, 6) is 0. The molecular formula is C8H17BrNO3PS. The molecule has 0 aromatic carbocycles. The molecule has 4 nitrogen and oxygen atoms in total. The van der Waals surface area contributed by atoms with Crippen molar-refractivity contribution in [3.05, 3.63) is 0 Å². The first-order valence-electron chi connectivity index (χ1n) is 4.78. The van der Waals surface area contributed by atoms with Crippen molar-refractivity contribution in [3.63, 3.8) is 0 Å². The minimum absolute atomic E-state index is 0.0620. The molecule has 0 saturated carbocycles. The van der Waals surface area contributed by atoms with Gasteiger partial charge in [-0.15, -0.1) is 4.08 Å². The first-order valence-corrected chi connectivity index (χ1v) is 8.89. The Balaban J connectivity index is 2.73. The fourth-order valence-electron chi connectivity index (χ4n) is 1.11. The van der Waals surface area contributed by atoms with Crippen LogP contribution in [0.25, 0.3) is 0 Å². The quantitative estimate of drug-likeness (QED) is 0.584. The van der Waals surface area contributed by atoms with Gasteiger partial charge in [0.25, 0.3) is 0 Å². The first kappa shape index (κ1) is 14.0. The Morgan fingerprint density at radius 3 is 2.20 bits per heavy atom. The fourth-order valence-corrected chi connectivity index (χ4v) is 6.17. The Labute approximate surface area is 103 Å². The van der Waals surface area contributed by atoms with Crippen LogP contribution in [-0.4, -0.2) is 23.3 Å². The zero-order chi connectivity index (χ0) is 11.7. The minimum atomic E-state index is -3.11. The van der Waals surface area contributed by atoms with Crippen molar-refractivity contribution in [3.8, 4) is 0 Å². The maximum atomic E-state index is 12.3. The first-order chi connectivity index (χ1) is 6.81. The second-order valence-corrected chi connectivity index (χ2v) is 8.20. The van der Waals surface area contributed by atoms with E-state index in [0.29, 0.717) is 13.2 Å². The largest absolute Gasteiger partial charge is 0.418 e. The zero-order valence-corrected chi connectivity index (χ0v) is 12.7. The van der Waals surface area contributed by atoms with Gasteiger partial charge in [-0.3, -0.25) is 9.05 Å². The molecule has 1 fully saturated rings. The van der Waals surface area contributed by atoms with E-state index in [4.69, 9.17) is 9.05 Å². The van der Waals surface area contributed by atoms with Gasteiger partial charge in [-0.1, -0.05) is 13.8 Å². The van der Waals surface area contributed by atoms with Gasteiger partial charge in [0.05, 0.1) is 13.2 Å². The molecule has 1 saturated heterocycles. The molecule has 15 heavy (non-hydrogen) atoms. The van der Waals surface area contributed by atoms with Crippen molar-refractivity contribution >= 4 is 32.9 Å². The number of hydrogen-bond acceptors (Lipinski definition) is 4. The van der Waals surface area contributed by atoms with Gasteiger partial charge in [0, 0.05) is 36.7 Å². The third kappa shape index (κ3) is 3.45. The van der Waals surface area contributed by atoms with Gasteiger partial charge in [-0.2, -0.15) is 0 Å². The molecule has 0 spiro atoms. The van der Waals surface area contributed by atoms with Crippen LogP contribution >= 0.6 is 32.9 Å². The molecule has 0 radical (unpaired) electrons. The smallest absolute Gasteiger partial charge is 0.295 e. The summed E-state index contributed by atoms with van der Waals surface area (Å²) in [4.78, 5) is 0. The lowest BCUT2D eigenvalue weighted by molar-refractivity contribution is 0.0282. The number of nitrogens with zero attached hydrogens (tertiary/aromatic N) is 1. The summed E-state index contributed by atoms with van der Waals surface area (Å²) in [6.07, 6.45) is 0. The van der Waals surface area contributed by atoms with Gasteiger partial charge in [-0.25, -0.2) is 4.57 Å². The molecule has 0 bridgehead atoms. The molecule has 0 unspecified atom stereocenters. The van der Waals surface area contributed by atoms with E-state index in [1.54, 1.807) is 4.08 Å². The van der Waals surface area contributed by atoms with E-state index in [1.165, 1.54) is 10.4 Å². The molecule has 0 aromatic rings. The predicted octanol–water partition coefficient (Wildman–Crippen LogP) is 3.84. The molecule has 7 heteroatoms. The lowest BCUT2D eigenvalue weighted by atomic mass is 9.97. The summed E-state index contributed by atoms with van der Waals surface area (Å²) in [7, 11) is -1.89. The van der Waals surface area contributed by atoms with Crippen molar-refractivity contribution in [2.24, 2.45) is 5.41 Å². The Bertz CT molecular complexity index is 261. The normalized spacial score (nSPS) is 24.7. The molecule has 0 amide bonds. The highest BCUT2D eigenvalue weighted by Crippen LogP contribution is 2.61. The third-order valence-electron chi connectivity index (χ3n) is 1.99. The molecule has 1 aliphatic rings. The van der Waals surface area contributed by atoms with E-state index in [9.17, 15) is 4.57 Å². The topological polar surface area (TPSA) is 38.8 Å². The van der Waals surface area contributed by atoms with E-state index < -0.39 is 7.75 Å². The van der Waals surface area contributed by atoms with Crippen LogP contribution in [-0.2, 0) is 13.6 Å². The average Bonchev–Trinajstić information content (AvgIpc) is 2.12. The number of halogens is 1. The van der Waals surface area contributed by atoms with Crippen molar-refractivity contribution < 1.29 is 13.6 Å². The highest BCUT2D eigenvalue weighted by molar-refractivity contribution is 9.49. The molecule has 90 valence electrons. The molecule has 0 atom stereocenters. The molecular weight excluding hydrogens is 301 g/mol. The Morgan fingerprint density at radius 1 is 1.40 bits per heavy atom. The van der Waals surface area contributed by atoms with Crippen LogP contribution in [0.15, 0.2) is 0 Å². The van der Waals surface area contributed by atoms with Gasteiger partial charge in [-0.05, 0) is 13.8 Å². The van der Waals surface area contributed by atoms with Gasteiger partial charge < -0.3 is 0 Å². The summed E-state index contributed by atoms with van der Waals surface area (Å²) >= 11 is 3.23. The predicted molar refractivity (Wildman–Crippen MR) is 66.8 cm³/mol. The van der Waals surface area contributed by atoms with Crippen LogP contribution in [0.1, 0.15) is 27.7 Å². The van der Waals surface area contributed by atoms with E-state index in [2.05, 4.69) is 14.8 Å². The fraction of sp³-hybridized carbons (Fsp3) is 1.00. The van der Waals surface area contributed by atoms with E-state index in [1.807, 2.05) is 27.7 Å². The maximum Gasteiger partial charge on any atom is 0.418 e. The summed E-state index contributed by atoms with van der Waals surface area (Å²) in [5, 5.41) is 0. The second kappa shape index (κ2) is 5.07. The van der Waals surface area contributed by atoms with E-state index in [0.717, 1.165) is 0 Å². The maximum absolute atomic E-state index is 12.3. The van der Waals surface area contributed by atoms with Crippen LogP contribution in [0.5, 0.6) is 0 Å². The molecule has 0 aromatic heterocycles. The van der Waals surface area contributed by atoms with Crippen LogP contribution in [0, 0.1) is 5.41 Å². The van der Waals surface area contributed by atoms with Crippen molar-refractivity contribution in [1.29, 1.82) is 0 Å². The van der Waals surface area contributed by atoms with Gasteiger partial charge >= 0.3 is 7.75 Å². The average molecular weight is 318 g/mol. The van der Waals surface area contributed by atoms with Crippen molar-refractivity contribution in [1.82, 2.24) is 4.08 Å². The molecule has 1 heterocycles. The van der Waals surface area contributed by atoms with Crippen LogP contribution in [0.3, 0.4) is 0 Å². The zero-order valence-electron chi connectivity index (χ0n) is 9.40. The highest BCUT2D eigenvalue weighted by Gasteiger charge is 2.43. The van der Waals surface area contributed by atoms with Crippen LogP contribution in [0.2, 0.25) is 0 Å². The van der Waals surface area contributed by atoms with Crippen molar-refractivity contribution in [2.75, 3.05) is 13.2 Å². The Kier molecular flexibility index (Phi) is 4.73. The SMILES string of the molecule is CC(C)N(SBr)P1(=O)OCC(C)(C)CO1. The minimum Gasteiger partial charge on any atom is -0.295 e. The summed E-state index contributed by atoms with van der Waals surface area (Å²) in [6, 6.07) is 0.0846. The molecule has 0 aliphatic carbocycles. The number of hydrogen-bond donors (Lipinski definition) is 0. The molecule has 1 aliphatic heterocycles. The van der Waals surface area contributed by atoms with E-state index in [-0.39, 0.29) is 11.5 Å². The van der Waals surface area contributed by atoms with Gasteiger partial charge in [0.15, 0.2) is 0 Å². The third-order valence-corrected chi connectivity index (χ3v) is 6.86. The standard InChI is InChI=1S/C8H17BrNO3PS/c1-7(2)10(15-9)14(11)12-5-8(3,4)6-13-14/h7H,5-6H2,1-4H3. The Hall–Kier alpha value is 0.940.